The predicted octanol–water partition coefficient (Wildman–Crippen LogP) is 2.23. The lowest BCUT2D eigenvalue weighted by atomic mass is 10.2. The van der Waals surface area contributed by atoms with E-state index in [1.54, 1.807) is 18.5 Å². The normalized spacial score (nSPS) is 14.8. The van der Waals surface area contributed by atoms with E-state index in [0.29, 0.717) is 12.4 Å². The van der Waals surface area contributed by atoms with Crippen LogP contribution in [-0.4, -0.2) is 72.7 Å². The summed E-state index contributed by atoms with van der Waals surface area (Å²) >= 11 is 0. The van der Waals surface area contributed by atoms with Gasteiger partial charge in [-0.2, -0.15) is 5.10 Å². The first-order valence-corrected chi connectivity index (χ1v) is 13.3. The van der Waals surface area contributed by atoms with Gasteiger partial charge in [-0.3, -0.25) is 14.0 Å². The fourth-order valence-corrected chi connectivity index (χ4v) is 4.70. The summed E-state index contributed by atoms with van der Waals surface area (Å²) in [6.45, 7) is 3.91. The van der Waals surface area contributed by atoms with Gasteiger partial charge in [0.25, 0.3) is 0 Å². The first-order valence-electron chi connectivity index (χ1n) is 11.4. The van der Waals surface area contributed by atoms with Crippen molar-refractivity contribution >= 4 is 38.2 Å². The molecule has 35 heavy (non-hydrogen) atoms. The summed E-state index contributed by atoms with van der Waals surface area (Å²) < 4.78 is 27.3. The minimum absolute atomic E-state index is 0.370. The lowest BCUT2D eigenvalue weighted by molar-refractivity contribution is 0.242. The van der Waals surface area contributed by atoms with Gasteiger partial charge in [0, 0.05) is 62.6 Å². The Morgan fingerprint density at radius 2 is 1.80 bits per heavy atom. The van der Waals surface area contributed by atoms with Gasteiger partial charge in [0.1, 0.15) is 11.6 Å². The summed E-state index contributed by atoms with van der Waals surface area (Å²) in [5.41, 5.74) is 2.70. The van der Waals surface area contributed by atoms with E-state index in [1.165, 1.54) is 17.6 Å². The fourth-order valence-electron chi connectivity index (χ4n) is 4.22. The number of para-hydroxylation sites is 1. The van der Waals surface area contributed by atoms with Crippen LogP contribution in [0.25, 0.3) is 10.9 Å². The number of nitrogens with zero attached hydrogens (tertiary/aromatic N) is 7. The van der Waals surface area contributed by atoms with Crippen molar-refractivity contribution in [1.82, 2.24) is 30.1 Å². The molecule has 0 radical (unpaired) electrons. The van der Waals surface area contributed by atoms with E-state index in [1.807, 2.05) is 41.2 Å². The molecular formula is C24H28N8O2S. The van der Waals surface area contributed by atoms with Crippen molar-refractivity contribution < 1.29 is 8.42 Å². The average Bonchev–Trinajstić information content (AvgIpc) is 3.27. The van der Waals surface area contributed by atoms with E-state index in [-0.39, 0.29) is 0 Å². The molecular weight excluding hydrogens is 464 g/mol. The van der Waals surface area contributed by atoms with Crippen LogP contribution in [-0.2, 0) is 16.6 Å². The summed E-state index contributed by atoms with van der Waals surface area (Å²) in [4.78, 5) is 9.09. The lowest BCUT2D eigenvalue weighted by Crippen LogP contribution is -2.51. The summed E-state index contributed by atoms with van der Waals surface area (Å²) in [5.74, 6) is 1.19. The second kappa shape index (κ2) is 9.61. The number of anilines is 3. The molecule has 0 spiro atoms. The molecule has 0 amide bonds. The Morgan fingerprint density at radius 3 is 2.54 bits per heavy atom. The van der Waals surface area contributed by atoms with Crippen LogP contribution in [0.15, 0.2) is 67.1 Å². The number of hydrazine groups is 1. The molecule has 0 atom stereocenters. The van der Waals surface area contributed by atoms with Gasteiger partial charge in [0.2, 0.25) is 10.0 Å². The first-order chi connectivity index (χ1) is 16.9. The van der Waals surface area contributed by atoms with Crippen LogP contribution in [0.1, 0.15) is 5.56 Å². The Kier molecular flexibility index (Phi) is 6.37. The molecule has 1 aliphatic heterocycles. The topological polar surface area (TPSA) is 99.5 Å². The van der Waals surface area contributed by atoms with Crippen molar-refractivity contribution in [3.05, 3.63) is 72.7 Å². The largest absolute Gasteiger partial charge is 0.314 e. The van der Waals surface area contributed by atoms with E-state index < -0.39 is 10.0 Å². The minimum Gasteiger partial charge on any atom is -0.314 e. The number of hydrogen-bond donors (Lipinski definition) is 1. The van der Waals surface area contributed by atoms with E-state index >= 15 is 0 Å². The van der Waals surface area contributed by atoms with Crippen LogP contribution in [0, 0.1) is 0 Å². The minimum atomic E-state index is -3.45. The molecule has 0 saturated carbocycles. The van der Waals surface area contributed by atoms with Gasteiger partial charge in [0.15, 0.2) is 0 Å². The highest BCUT2D eigenvalue weighted by Crippen LogP contribution is 2.29. The molecule has 0 unspecified atom stereocenters. The molecule has 1 saturated heterocycles. The third-order valence-corrected chi connectivity index (χ3v) is 7.26. The maximum atomic E-state index is 12.1. The Bertz CT molecular complexity index is 1420. The maximum absolute atomic E-state index is 12.1. The number of hydrogen-bond acceptors (Lipinski definition) is 8. The first kappa shape index (κ1) is 23.2. The molecule has 1 aliphatic rings. The van der Waals surface area contributed by atoms with Gasteiger partial charge < -0.3 is 5.32 Å². The van der Waals surface area contributed by atoms with Crippen LogP contribution in [0.4, 0.5) is 17.3 Å². The Labute approximate surface area is 204 Å². The zero-order valence-corrected chi connectivity index (χ0v) is 20.6. The van der Waals surface area contributed by atoms with Crippen molar-refractivity contribution in [2.45, 2.75) is 6.54 Å². The van der Waals surface area contributed by atoms with E-state index in [9.17, 15) is 8.42 Å². The number of sulfonamides is 1. The third-order valence-electron chi connectivity index (χ3n) is 6.09. The van der Waals surface area contributed by atoms with Crippen LogP contribution < -0.4 is 14.6 Å². The molecule has 5 rings (SSSR count). The number of fused-ring (bicyclic) bond motifs is 1. The van der Waals surface area contributed by atoms with Crippen LogP contribution in [0.2, 0.25) is 0 Å². The number of benzene rings is 1. The fraction of sp³-hybridized carbons (Fsp3) is 0.292. The number of piperazine rings is 1. The quantitative estimate of drug-likeness (QED) is 0.419. The summed E-state index contributed by atoms with van der Waals surface area (Å²) in [5, 5.41) is 13.3. The molecule has 3 aromatic heterocycles. The second-order valence-corrected chi connectivity index (χ2v) is 10.5. The Hall–Kier alpha value is -3.54. The molecule has 1 aromatic carbocycles. The number of nitrogens with one attached hydrogen (secondary N) is 1. The summed E-state index contributed by atoms with van der Waals surface area (Å²) in [7, 11) is -1.94. The molecule has 0 bridgehead atoms. The predicted molar refractivity (Wildman–Crippen MR) is 137 cm³/mol. The lowest BCUT2D eigenvalue weighted by Gasteiger charge is -2.38. The van der Waals surface area contributed by atoms with Crippen LogP contribution >= 0.6 is 0 Å². The van der Waals surface area contributed by atoms with Crippen molar-refractivity contribution in [2.75, 3.05) is 48.8 Å². The van der Waals surface area contributed by atoms with Gasteiger partial charge in [-0.25, -0.2) is 23.4 Å². The van der Waals surface area contributed by atoms with Crippen molar-refractivity contribution in [1.29, 1.82) is 0 Å². The highest BCUT2D eigenvalue weighted by Gasteiger charge is 2.23. The van der Waals surface area contributed by atoms with Crippen molar-refractivity contribution in [3.63, 3.8) is 0 Å². The Balaban J connectivity index is 1.54. The van der Waals surface area contributed by atoms with Gasteiger partial charge >= 0.3 is 0 Å². The third kappa shape index (κ3) is 4.83. The van der Waals surface area contributed by atoms with Crippen LogP contribution in [0.5, 0.6) is 0 Å². The van der Waals surface area contributed by atoms with Gasteiger partial charge in [-0.15, -0.1) is 0 Å². The number of pyridine rings is 2. The smallest absolute Gasteiger partial charge is 0.233 e. The number of aromatic nitrogens is 4. The molecule has 4 aromatic rings. The molecule has 4 heterocycles. The summed E-state index contributed by atoms with van der Waals surface area (Å²) in [6, 6.07) is 15.9. The number of rotatable bonds is 7. The SMILES string of the molecule is CN(c1ncccc1Cn1ncc2cnc(N(c3ccccc3)N3CCNCC3)cc21)S(C)(=O)=O. The standard InChI is InChI=1S/C24H28N8O2S/c1-29(35(2,33)34)24-19(7-6-10-26-24)18-31-22-15-23(27-16-20(22)17-28-31)32(21-8-4-3-5-9-21)30-13-11-25-12-14-30/h3-10,15-17,25H,11-14,18H2,1-2H3. The molecule has 1 fully saturated rings. The molecule has 10 nitrogen and oxygen atoms in total. The van der Waals surface area contributed by atoms with Crippen LogP contribution in [0.3, 0.4) is 0 Å². The Morgan fingerprint density at radius 1 is 1.03 bits per heavy atom. The van der Waals surface area contributed by atoms with E-state index in [4.69, 9.17) is 4.98 Å². The van der Waals surface area contributed by atoms with Crippen molar-refractivity contribution in [3.8, 4) is 0 Å². The van der Waals surface area contributed by atoms with E-state index in [0.717, 1.165) is 54.2 Å². The highest BCUT2D eigenvalue weighted by molar-refractivity contribution is 7.92. The molecule has 182 valence electrons. The van der Waals surface area contributed by atoms with Gasteiger partial charge in [-0.1, -0.05) is 24.3 Å². The molecule has 11 heteroatoms. The average molecular weight is 493 g/mol. The van der Waals surface area contributed by atoms with Gasteiger partial charge in [0.05, 0.1) is 30.2 Å². The van der Waals surface area contributed by atoms with Crippen molar-refractivity contribution in [2.24, 2.45) is 0 Å². The van der Waals surface area contributed by atoms with Gasteiger partial charge in [-0.05, 0) is 18.2 Å². The zero-order valence-electron chi connectivity index (χ0n) is 19.7. The zero-order chi connectivity index (χ0) is 24.4. The monoisotopic (exact) mass is 492 g/mol. The maximum Gasteiger partial charge on any atom is 0.233 e. The van der Waals surface area contributed by atoms with E-state index in [2.05, 4.69) is 37.6 Å². The second-order valence-electron chi connectivity index (χ2n) is 8.47. The summed E-state index contributed by atoms with van der Waals surface area (Å²) in [6.07, 6.45) is 6.37. The molecule has 0 aliphatic carbocycles. The highest BCUT2D eigenvalue weighted by atomic mass is 32.2. The molecule has 1 N–H and O–H groups in total.